The van der Waals surface area contributed by atoms with E-state index in [0.29, 0.717) is 12.3 Å². The number of anilines is 1. The van der Waals surface area contributed by atoms with Gasteiger partial charge in [-0.2, -0.15) is 0 Å². The molecule has 0 atom stereocenters. The number of phenols is 1. The Kier molecular flexibility index (Phi) is 3.28. The SMILES string of the molecule is Cc1cccc(CNc2cccnc2C)c1O. The number of benzene rings is 1. The van der Waals surface area contributed by atoms with E-state index in [1.54, 1.807) is 6.20 Å². The summed E-state index contributed by atoms with van der Waals surface area (Å²) in [6, 6.07) is 9.64. The molecule has 0 aliphatic heterocycles. The van der Waals surface area contributed by atoms with E-state index in [9.17, 15) is 5.11 Å². The van der Waals surface area contributed by atoms with Crippen molar-refractivity contribution in [3.05, 3.63) is 53.3 Å². The molecule has 1 aromatic heterocycles. The van der Waals surface area contributed by atoms with Crippen molar-refractivity contribution >= 4 is 5.69 Å². The molecular formula is C14H16N2O. The van der Waals surface area contributed by atoms with Crippen molar-refractivity contribution in [1.82, 2.24) is 4.98 Å². The summed E-state index contributed by atoms with van der Waals surface area (Å²) < 4.78 is 0. The average Bonchev–Trinajstić information content (AvgIpc) is 2.33. The van der Waals surface area contributed by atoms with Gasteiger partial charge in [0.1, 0.15) is 5.75 Å². The van der Waals surface area contributed by atoms with Crippen molar-refractivity contribution in [3.63, 3.8) is 0 Å². The standard InChI is InChI=1S/C14H16N2O/c1-10-5-3-6-12(14(10)17)9-16-13-7-4-8-15-11(13)2/h3-8,16-17H,9H2,1-2H3. The fourth-order valence-corrected chi connectivity index (χ4v) is 1.72. The third-order valence-electron chi connectivity index (χ3n) is 2.80. The Labute approximate surface area is 101 Å². The maximum absolute atomic E-state index is 9.89. The summed E-state index contributed by atoms with van der Waals surface area (Å²) >= 11 is 0. The van der Waals surface area contributed by atoms with Gasteiger partial charge in [-0.15, -0.1) is 0 Å². The summed E-state index contributed by atoms with van der Waals surface area (Å²) in [6.07, 6.45) is 1.77. The Hall–Kier alpha value is -2.03. The Morgan fingerprint density at radius 3 is 2.76 bits per heavy atom. The maximum atomic E-state index is 9.89. The highest BCUT2D eigenvalue weighted by atomic mass is 16.3. The van der Waals surface area contributed by atoms with E-state index in [1.165, 1.54) is 0 Å². The summed E-state index contributed by atoms with van der Waals surface area (Å²) in [6.45, 7) is 4.45. The van der Waals surface area contributed by atoms with Crippen LogP contribution in [0.15, 0.2) is 36.5 Å². The molecule has 0 amide bonds. The van der Waals surface area contributed by atoms with E-state index >= 15 is 0 Å². The highest BCUT2D eigenvalue weighted by molar-refractivity contribution is 5.49. The number of pyridine rings is 1. The zero-order chi connectivity index (χ0) is 12.3. The topological polar surface area (TPSA) is 45.2 Å². The molecule has 0 bridgehead atoms. The van der Waals surface area contributed by atoms with E-state index in [4.69, 9.17) is 0 Å². The van der Waals surface area contributed by atoms with Crippen molar-refractivity contribution in [2.75, 3.05) is 5.32 Å². The van der Waals surface area contributed by atoms with E-state index in [-0.39, 0.29) is 0 Å². The maximum Gasteiger partial charge on any atom is 0.123 e. The third-order valence-corrected chi connectivity index (χ3v) is 2.80. The van der Waals surface area contributed by atoms with Gasteiger partial charge >= 0.3 is 0 Å². The molecule has 0 aliphatic rings. The molecule has 2 aromatic rings. The molecule has 1 aromatic carbocycles. The Morgan fingerprint density at radius 2 is 2.00 bits per heavy atom. The molecule has 2 rings (SSSR count). The van der Waals surface area contributed by atoms with Crippen LogP contribution in [0.2, 0.25) is 0 Å². The van der Waals surface area contributed by atoms with Crippen LogP contribution in [0.4, 0.5) is 5.69 Å². The lowest BCUT2D eigenvalue weighted by atomic mass is 10.1. The molecule has 0 saturated heterocycles. The smallest absolute Gasteiger partial charge is 0.123 e. The monoisotopic (exact) mass is 228 g/mol. The van der Waals surface area contributed by atoms with Gasteiger partial charge in [-0.05, 0) is 31.5 Å². The first kappa shape index (κ1) is 11.5. The van der Waals surface area contributed by atoms with Crippen molar-refractivity contribution in [1.29, 1.82) is 0 Å². The zero-order valence-corrected chi connectivity index (χ0v) is 10.1. The molecule has 0 saturated carbocycles. The molecule has 3 nitrogen and oxygen atoms in total. The number of nitrogens with zero attached hydrogens (tertiary/aromatic N) is 1. The van der Waals surface area contributed by atoms with Gasteiger partial charge in [0.2, 0.25) is 0 Å². The summed E-state index contributed by atoms with van der Waals surface area (Å²) in [5.74, 6) is 0.363. The number of aromatic hydroxyl groups is 1. The number of hydrogen-bond donors (Lipinski definition) is 2. The quantitative estimate of drug-likeness (QED) is 0.848. The van der Waals surface area contributed by atoms with E-state index in [1.807, 2.05) is 44.2 Å². The van der Waals surface area contributed by atoms with Gasteiger partial charge in [0, 0.05) is 18.3 Å². The van der Waals surface area contributed by atoms with E-state index < -0.39 is 0 Å². The summed E-state index contributed by atoms with van der Waals surface area (Å²) in [5.41, 5.74) is 3.74. The number of rotatable bonds is 3. The minimum atomic E-state index is 0.363. The molecule has 0 spiro atoms. The van der Waals surface area contributed by atoms with Gasteiger partial charge in [-0.25, -0.2) is 0 Å². The Morgan fingerprint density at radius 1 is 1.18 bits per heavy atom. The van der Waals surface area contributed by atoms with Crippen molar-refractivity contribution in [3.8, 4) is 5.75 Å². The van der Waals surface area contributed by atoms with Crippen LogP contribution in [0.1, 0.15) is 16.8 Å². The van der Waals surface area contributed by atoms with Crippen molar-refractivity contribution in [2.24, 2.45) is 0 Å². The number of nitrogens with one attached hydrogen (secondary N) is 1. The molecule has 2 N–H and O–H groups in total. The minimum absolute atomic E-state index is 0.363. The minimum Gasteiger partial charge on any atom is -0.507 e. The Bertz CT molecular complexity index is 523. The zero-order valence-electron chi connectivity index (χ0n) is 10.1. The van der Waals surface area contributed by atoms with Crippen molar-refractivity contribution in [2.45, 2.75) is 20.4 Å². The summed E-state index contributed by atoms with van der Waals surface area (Å²) in [5, 5.41) is 13.2. The van der Waals surface area contributed by atoms with Crippen molar-refractivity contribution < 1.29 is 5.11 Å². The van der Waals surface area contributed by atoms with Gasteiger partial charge in [-0.1, -0.05) is 18.2 Å². The van der Waals surface area contributed by atoms with Crippen LogP contribution in [-0.4, -0.2) is 10.1 Å². The second-order valence-corrected chi connectivity index (χ2v) is 4.07. The van der Waals surface area contributed by atoms with Crippen LogP contribution in [0.3, 0.4) is 0 Å². The molecular weight excluding hydrogens is 212 g/mol. The summed E-state index contributed by atoms with van der Waals surface area (Å²) in [4.78, 5) is 4.21. The average molecular weight is 228 g/mol. The number of phenolic OH excluding ortho intramolecular Hbond substituents is 1. The van der Waals surface area contributed by atoms with Crippen LogP contribution in [0, 0.1) is 13.8 Å². The van der Waals surface area contributed by atoms with Crippen LogP contribution in [-0.2, 0) is 6.54 Å². The number of hydrogen-bond acceptors (Lipinski definition) is 3. The molecule has 0 unspecified atom stereocenters. The molecule has 1 heterocycles. The normalized spacial score (nSPS) is 10.2. The van der Waals surface area contributed by atoms with Gasteiger partial charge in [0.05, 0.1) is 11.4 Å². The lowest BCUT2D eigenvalue weighted by molar-refractivity contribution is 0.465. The van der Waals surface area contributed by atoms with Crippen LogP contribution >= 0.6 is 0 Å². The van der Waals surface area contributed by atoms with Gasteiger partial charge in [-0.3, -0.25) is 4.98 Å². The largest absolute Gasteiger partial charge is 0.507 e. The molecule has 3 heteroatoms. The van der Waals surface area contributed by atoms with Crippen LogP contribution in [0.5, 0.6) is 5.75 Å². The van der Waals surface area contributed by atoms with Crippen LogP contribution < -0.4 is 5.32 Å². The van der Waals surface area contributed by atoms with E-state index in [2.05, 4.69) is 10.3 Å². The number of aromatic nitrogens is 1. The predicted molar refractivity (Wildman–Crippen MR) is 69.1 cm³/mol. The lowest BCUT2D eigenvalue weighted by Gasteiger charge is -2.10. The first-order valence-electron chi connectivity index (χ1n) is 5.61. The number of aryl methyl sites for hydroxylation is 2. The first-order chi connectivity index (χ1) is 8.18. The Balaban J connectivity index is 2.13. The summed E-state index contributed by atoms with van der Waals surface area (Å²) in [7, 11) is 0. The second-order valence-electron chi connectivity index (χ2n) is 4.07. The first-order valence-corrected chi connectivity index (χ1v) is 5.61. The fourth-order valence-electron chi connectivity index (χ4n) is 1.72. The van der Waals surface area contributed by atoms with Gasteiger partial charge in [0.25, 0.3) is 0 Å². The van der Waals surface area contributed by atoms with Crippen LogP contribution in [0.25, 0.3) is 0 Å². The molecule has 0 radical (unpaired) electrons. The molecule has 0 aliphatic carbocycles. The third kappa shape index (κ3) is 2.56. The predicted octanol–water partition coefficient (Wildman–Crippen LogP) is 3.02. The molecule has 0 fully saturated rings. The molecule has 88 valence electrons. The van der Waals surface area contributed by atoms with Gasteiger partial charge < -0.3 is 10.4 Å². The number of para-hydroxylation sites is 1. The highest BCUT2D eigenvalue weighted by Gasteiger charge is 2.04. The second kappa shape index (κ2) is 4.87. The van der Waals surface area contributed by atoms with Gasteiger partial charge in [0.15, 0.2) is 0 Å². The lowest BCUT2D eigenvalue weighted by Crippen LogP contribution is -2.02. The highest BCUT2D eigenvalue weighted by Crippen LogP contribution is 2.22. The molecule has 17 heavy (non-hydrogen) atoms. The van der Waals surface area contributed by atoms with E-state index in [0.717, 1.165) is 22.5 Å². The fraction of sp³-hybridized carbons (Fsp3) is 0.214.